The van der Waals surface area contributed by atoms with Crippen LogP contribution < -0.4 is 10.9 Å². The number of nitrogens with zero attached hydrogens (tertiary/aromatic N) is 3. The number of aliphatic hydroxyl groups excluding tert-OH is 1. The second kappa shape index (κ2) is 10.4. The third-order valence-electron chi connectivity index (χ3n) is 6.39. The number of aliphatic hydroxyl groups is 1. The summed E-state index contributed by atoms with van der Waals surface area (Å²) in [4.78, 5) is 45.4. The van der Waals surface area contributed by atoms with Crippen LogP contribution in [0.1, 0.15) is 40.0 Å². The van der Waals surface area contributed by atoms with Crippen LogP contribution in [-0.2, 0) is 18.3 Å². The van der Waals surface area contributed by atoms with Crippen LogP contribution in [-0.4, -0.2) is 67.8 Å². The Labute approximate surface area is 209 Å². The lowest BCUT2D eigenvalue weighted by Crippen LogP contribution is -2.49. The van der Waals surface area contributed by atoms with Crippen LogP contribution in [0, 0.1) is 5.92 Å². The molecular weight excluding hydrogens is 513 g/mol. The SMILES string of the molecule is CC(C)C(=O)Nc1nc2c(ncn2[C@@H]2S[C@H](CO)[C@@H](O[Si](C)(C)C(C)(C)C)[C@H]2O[P+](=O)O)c(=O)[nH]1. The molecule has 35 heavy (non-hydrogen) atoms. The van der Waals surface area contributed by atoms with E-state index >= 15 is 0 Å². The van der Waals surface area contributed by atoms with Crippen LogP contribution >= 0.6 is 20.0 Å². The molecule has 0 spiro atoms. The summed E-state index contributed by atoms with van der Waals surface area (Å²) in [6.45, 7) is 13.5. The van der Waals surface area contributed by atoms with E-state index in [9.17, 15) is 24.2 Å². The Bertz CT molecular complexity index is 1160. The van der Waals surface area contributed by atoms with E-state index in [-0.39, 0.29) is 40.6 Å². The van der Waals surface area contributed by atoms with Crippen molar-refractivity contribution in [3.05, 3.63) is 16.7 Å². The van der Waals surface area contributed by atoms with E-state index in [1.807, 2.05) is 13.1 Å². The van der Waals surface area contributed by atoms with Crippen molar-refractivity contribution in [3.63, 3.8) is 0 Å². The lowest BCUT2D eigenvalue weighted by Gasteiger charge is -2.40. The zero-order valence-corrected chi connectivity index (χ0v) is 23.5. The molecule has 5 atom stereocenters. The number of thioether (sulfide) groups is 1. The number of amides is 1. The molecule has 2 aromatic rings. The highest BCUT2D eigenvalue weighted by molar-refractivity contribution is 8.00. The van der Waals surface area contributed by atoms with Gasteiger partial charge in [0.1, 0.15) is 5.37 Å². The van der Waals surface area contributed by atoms with Crippen molar-refractivity contribution in [2.45, 2.75) is 75.6 Å². The number of fused-ring (bicyclic) bond motifs is 1. The fraction of sp³-hybridized carbons (Fsp3) is 0.700. The summed E-state index contributed by atoms with van der Waals surface area (Å²) < 4.78 is 25.4. The number of imidazole rings is 1. The molecule has 3 rings (SSSR count). The van der Waals surface area contributed by atoms with E-state index < -0.39 is 45.0 Å². The summed E-state index contributed by atoms with van der Waals surface area (Å²) in [5.74, 6) is -0.691. The molecule has 0 aromatic carbocycles. The molecule has 0 aliphatic carbocycles. The van der Waals surface area contributed by atoms with E-state index in [1.165, 1.54) is 18.1 Å². The smallest absolute Gasteiger partial charge is 0.410 e. The normalized spacial score (nSPS) is 23.8. The molecule has 4 N–H and O–H groups in total. The first kappa shape index (κ1) is 27.9. The van der Waals surface area contributed by atoms with E-state index in [0.29, 0.717) is 0 Å². The quantitative estimate of drug-likeness (QED) is 0.285. The van der Waals surface area contributed by atoms with Crippen molar-refractivity contribution in [3.8, 4) is 0 Å². The molecule has 1 amide bonds. The minimum absolute atomic E-state index is 0.0367. The Morgan fingerprint density at radius 2 is 2.03 bits per heavy atom. The second-order valence-corrected chi connectivity index (χ2v) is 17.1. The molecule has 1 unspecified atom stereocenters. The predicted octanol–water partition coefficient (Wildman–Crippen LogP) is 2.75. The Kier molecular flexibility index (Phi) is 8.26. The highest BCUT2D eigenvalue weighted by Gasteiger charge is 2.54. The molecule has 1 aliphatic rings. The van der Waals surface area contributed by atoms with Crippen molar-refractivity contribution in [1.82, 2.24) is 19.5 Å². The molecule has 194 valence electrons. The average molecular weight is 547 g/mol. The van der Waals surface area contributed by atoms with Crippen molar-refractivity contribution < 1.29 is 28.3 Å². The van der Waals surface area contributed by atoms with Gasteiger partial charge >= 0.3 is 8.25 Å². The average Bonchev–Trinajstić information content (AvgIpc) is 3.28. The number of nitrogens with one attached hydrogen (secondary N) is 2. The highest BCUT2D eigenvalue weighted by atomic mass is 32.2. The molecule has 2 aromatic heterocycles. The molecule has 15 heteroatoms. The zero-order chi connectivity index (χ0) is 26.3. The van der Waals surface area contributed by atoms with E-state index in [1.54, 1.807) is 18.4 Å². The van der Waals surface area contributed by atoms with Crippen molar-refractivity contribution >= 4 is 51.4 Å². The van der Waals surface area contributed by atoms with E-state index in [2.05, 4.69) is 41.0 Å². The van der Waals surface area contributed by atoms with Gasteiger partial charge in [-0.2, -0.15) is 4.98 Å². The summed E-state index contributed by atoms with van der Waals surface area (Å²) >= 11 is 1.29. The van der Waals surface area contributed by atoms with Gasteiger partial charge in [-0.3, -0.25) is 24.5 Å². The van der Waals surface area contributed by atoms with Gasteiger partial charge < -0.3 is 9.53 Å². The van der Waals surface area contributed by atoms with E-state index in [4.69, 9.17) is 8.95 Å². The van der Waals surface area contributed by atoms with Crippen LogP contribution in [0.3, 0.4) is 0 Å². The molecule has 0 saturated carbocycles. The number of hydrogen-bond donors (Lipinski definition) is 4. The van der Waals surface area contributed by atoms with Crippen LogP contribution in [0.2, 0.25) is 18.1 Å². The summed E-state index contributed by atoms with van der Waals surface area (Å²) in [6.07, 6.45) is -0.239. The number of hydrogen-bond acceptors (Lipinski definition) is 9. The lowest BCUT2D eigenvalue weighted by molar-refractivity contribution is -0.118. The third kappa shape index (κ3) is 5.84. The van der Waals surface area contributed by atoms with Gasteiger partial charge in [0.05, 0.1) is 24.3 Å². The van der Waals surface area contributed by atoms with Gasteiger partial charge in [-0.05, 0) is 18.1 Å². The maximum absolute atomic E-state index is 12.6. The monoisotopic (exact) mass is 546 g/mol. The predicted molar refractivity (Wildman–Crippen MR) is 136 cm³/mol. The van der Waals surface area contributed by atoms with Gasteiger partial charge in [-0.15, -0.1) is 21.2 Å². The summed E-state index contributed by atoms with van der Waals surface area (Å²) in [7, 11) is -5.36. The Morgan fingerprint density at radius 3 is 2.57 bits per heavy atom. The second-order valence-electron chi connectivity index (χ2n) is 10.3. The number of H-pyrrole nitrogens is 1. The molecular formula is C20H33N5O7PSSi+. The highest BCUT2D eigenvalue weighted by Crippen LogP contribution is 2.50. The minimum Gasteiger partial charge on any atom is -0.410 e. The number of anilines is 1. The Morgan fingerprint density at radius 1 is 1.37 bits per heavy atom. The molecule has 0 bridgehead atoms. The first-order valence-corrected chi connectivity index (χ1v) is 16.2. The number of aromatic nitrogens is 4. The van der Waals surface area contributed by atoms with Gasteiger partial charge in [0.25, 0.3) is 5.56 Å². The number of rotatable bonds is 8. The molecule has 12 nitrogen and oxygen atoms in total. The molecule has 0 radical (unpaired) electrons. The fourth-order valence-electron chi connectivity index (χ4n) is 3.39. The van der Waals surface area contributed by atoms with Crippen LogP contribution in [0.4, 0.5) is 5.95 Å². The summed E-state index contributed by atoms with van der Waals surface area (Å²) in [5, 5.41) is 11.4. The van der Waals surface area contributed by atoms with Gasteiger partial charge in [-0.25, -0.2) is 4.98 Å². The van der Waals surface area contributed by atoms with Gasteiger partial charge in [0, 0.05) is 10.5 Å². The fourth-order valence-corrected chi connectivity index (χ4v) is 6.80. The van der Waals surface area contributed by atoms with Crippen LogP contribution in [0.25, 0.3) is 11.2 Å². The largest absolute Gasteiger partial charge is 0.695 e. The Balaban J connectivity index is 2.07. The van der Waals surface area contributed by atoms with Gasteiger partial charge in [-0.1, -0.05) is 34.6 Å². The van der Waals surface area contributed by atoms with Crippen LogP contribution in [0.5, 0.6) is 0 Å². The zero-order valence-electron chi connectivity index (χ0n) is 20.8. The molecule has 3 heterocycles. The maximum Gasteiger partial charge on any atom is 0.695 e. The van der Waals surface area contributed by atoms with Crippen LogP contribution in [0.15, 0.2) is 11.1 Å². The number of aromatic amines is 1. The molecule has 1 saturated heterocycles. The van der Waals surface area contributed by atoms with Crippen molar-refractivity contribution in [2.24, 2.45) is 5.92 Å². The summed E-state index contributed by atoms with van der Waals surface area (Å²) in [6, 6.07) is 0. The third-order valence-corrected chi connectivity index (χ3v) is 12.8. The minimum atomic E-state index is -3.00. The topological polar surface area (TPSA) is 169 Å². The first-order valence-electron chi connectivity index (χ1n) is 11.2. The van der Waals surface area contributed by atoms with Crippen molar-refractivity contribution in [2.75, 3.05) is 11.9 Å². The summed E-state index contributed by atoms with van der Waals surface area (Å²) in [5.41, 5.74) is -0.347. The standard InChI is InChI=1S/C20H32N5O7PSSi/c1-10(2)16(27)23-19-22-15-12(17(28)24-19)21-9-25(15)18-14(31-33(29)30)13(11(8-26)34-18)32-35(6,7)20(3,4)5/h9-11,13-14,18,26H,8H2,1-7H3,(H2-,22,23,24,27,28,29,30)/p+1/t11-,13-,14-,18-/m1/s1. The lowest BCUT2D eigenvalue weighted by atomic mass is 10.1. The van der Waals surface area contributed by atoms with Crippen molar-refractivity contribution in [1.29, 1.82) is 0 Å². The molecule has 1 aliphatic heterocycles. The number of carbonyl (C=O) groups excluding carboxylic acids is 1. The van der Waals surface area contributed by atoms with Gasteiger partial charge in [0.2, 0.25) is 11.9 Å². The maximum atomic E-state index is 12.6. The van der Waals surface area contributed by atoms with E-state index in [0.717, 1.165) is 0 Å². The Hall–Kier alpha value is -1.67. The first-order chi connectivity index (χ1) is 16.2. The number of carbonyl (C=O) groups is 1. The molecule has 1 fully saturated rings. The van der Waals surface area contributed by atoms with Gasteiger partial charge in [0.15, 0.2) is 25.6 Å².